The first-order chi connectivity index (χ1) is 7.65. The zero-order valence-electron chi connectivity index (χ0n) is 8.36. The summed E-state index contributed by atoms with van der Waals surface area (Å²) < 4.78 is 13.9. The van der Waals surface area contributed by atoms with E-state index in [-0.39, 0.29) is 5.82 Å². The molecule has 1 nitrogen and oxygen atoms in total. The van der Waals surface area contributed by atoms with Crippen molar-refractivity contribution in [3.63, 3.8) is 0 Å². The number of thiophene rings is 1. The summed E-state index contributed by atoms with van der Waals surface area (Å²) in [6, 6.07) is 10.1. The summed E-state index contributed by atoms with van der Waals surface area (Å²) in [5, 5.41) is 9.95. The topological polar surface area (TPSA) is 20.2 Å². The summed E-state index contributed by atoms with van der Waals surface area (Å²) in [6.45, 7) is 0. The Balaban J connectivity index is 2.10. The first-order valence-corrected chi connectivity index (χ1v) is 6.44. The van der Waals surface area contributed by atoms with Crippen LogP contribution in [0.3, 0.4) is 0 Å². The Labute approximate surface area is 106 Å². The molecule has 0 radical (unpaired) electrons. The highest BCUT2D eigenvalue weighted by Gasteiger charge is 2.11. The Morgan fingerprint density at radius 2 is 2.12 bits per heavy atom. The van der Waals surface area contributed by atoms with Gasteiger partial charge in [0.15, 0.2) is 0 Å². The summed E-state index contributed by atoms with van der Waals surface area (Å²) >= 11 is 4.84. The molecule has 1 unspecified atom stereocenters. The molecule has 16 heavy (non-hydrogen) atoms. The van der Waals surface area contributed by atoms with Gasteiger partial charge in [0.05, 0.1) is 9.89 Å². The third-order valence-corrected chi connectivity index (χ3v) is 3.97. The van der Waals surface area contributed by atoms with E-state index < -0.39 is 6.10 Å². The van der Waals surface area contributed by atoms with E-state index >= 15 is 0 Å². The lowest BCUT2D eigenvalue weighted by Crippen LogP contribution is -1.99. The van der Waals surface area contributed by atoms with Crippen LogP contribution in [0.2, 0.25) is 0 Å². The number of aliphatic hydroxyl groups is 1. The van der Waals surface area contributed by atoms with Crippen molar-refractivity contribution < 1.29 is 9.50 Å². The van der Waals surface area contributed by atoms with Crippen molar-refractivity contribution in [2.75, 3.05) is 0 Å². The minimum Gasteiger partial charge on any atom is -0.387 e. The maximum absolute atomic E-state index is 12.9. The maximum atomic E-state index is 12.9. The normalized spacial score (nSPS) is 12.7. The van der Waals surface area contributed by atoms with Crippen LogP contribution in [-0.4, -0.2) is 5.11 Å². The van der Waals surface area contributed by atoms with Gasteiger partial charge in [-0.1, -0.05) is 12.1 Å². The van der Waals surface area contributed by atoms with Gasteiger partial charge in [0, 0.05) is 11.3 Å². The fourth-order valence-corrected chi connectivity index (χ4v) is 2.90. The predicted octanol–water partition coefficient (Wildman–Crippen LogP) is 3.93. The standard InChI is InChI=1S/C12H10BrFOS/c13-12-5-4-11(16-12)10(15)7-8-2-1-3-9(14)6-8/h1-6,10,15H,7H2. The monoisotopic (exact) mass is 300 g/mol. The van der Waals surface area contributed by atoms with Crippen LogP contribution in [0.15, 0.2) is 40.2 Å². The van der Waals surface area contributed by atoms with Crippen LogP contribution in [0.5, 0.6) is 0 Å². The van der Waals surface area contributed by atoms with Crippen molar-refractivity contribution in [3.05, 3.63) is 56.4 Å². The second kappa shape index (κ2) is 5.08. The van der Waals surface area contributed by atoms with Gasteiger partial charge in [0.25, 0.3) is 0 Å². The molecule has 1 aromatic heterocycles. The molecular weight excluding hydrogens is 291 g/mol. The first kappa shape index (κ1) is 11.8. The van der Waals surface area contributed by atoms with E-state index in [2.05, 4.69) is 15.9 Å². The maximum Gasteiger partial charge on any atom is 0.123 e. The average Bonchev–Trinajstić information content (AvgIpc) is 2.65. The summed E-state index contributed by atoms with van der Waals surface area (Å²) in [5.74, 6) is -0.267. The molecule has 84 valence electrons. The van der Waals surface area contributed by atoms with Crippen molar-refractivity contribution >= 4 is 27.3 Å². The number of rotatable bonds is 3. The van der Waals surface area contributed by atoms with Gasteiger partial charge in [-0.2, -0.15) is 0 Å². The minimum absolute atomic E-state index is 0.267. The summed E-state index contributed by atoms with van der Waals surface area (Å²) in [5.41, 5.74) is 0.803. The molecule has 0 aliphatic rings. The van der Waals surface area contributed by atoms with Crippen molar-refractivity contribution in [1.29, 1.82) is 0 Å². The number of aliphatic hydroxyl groups excluding tert-OH is 1. The summed E-state index contributed by atoms with van der Waals surface area (Å²) in [4.78, 5) is 0.885. The SMILES string of the molecule is OC(Cc1cccc(F)c1)c1ccc(Br)s1. The van der Waals surface area contributed by atoms with Gasteiger partial charge in [-0.05, 0) is 45.8 Å². The zero-order chi connectivity index (χ0) is 11.5. The fourth-order valence-electron chi connectivity index (χ4n) is 1.50. The van der Waals surface area contributed by atoms with E-state index in [1.165, 1.54) is 23.5 Å². The molecule has 2 aromatic rings. The first-order valence-electron chi connectivity index (χ1n) is 4.83. The fraction of sp³-hybridized carbons (Fsp3) is 0.167. The Hall–Kier alpha value is -0.710. The van der Waals surface area contributed by atoms with Gasteiger partial charge >= 0.3 is 0 Å². The zero-order valence-corrected chi connectivity index (χ0v) is 10.8. The molecule has 1 aromatic carbocycles. The molecule has 0 amide bonds. The minimum atomic E-state index is -0.571. The molecule has 0 bridgehead atoms. The molecule has 0 aliphatic heterocycles. The Morgan fingerprint density at radius 1 is 1.31 bits per heavy atom. The quantitative estimate of drug-likeness (QED) is 0.911. The number of benzene rings is 1. The third kappa shape index (κ3) is 2.90. The van der Waals surface area contributed by atoms with Crippen LogP contribution >= 0.6 is 27.3 Å². The van der Waals surface area contributed by atoms with Crippen LogP contribution in [0, 0.1) is 5.82 Å². The Morgan fingerprint density at radius 3 is 2.75 bits per heavy atom. The molecule has 0 aliphatic carbocycles. The van der Waals surface area contributed by atoms with Crippen molar-refractivity contribution in [2.24, 2.45) is 0 Å². The molecule has 1 atom stereocenters. The van der Waals surface area contributed by atoms with Crippen LogP contribution in [0.4, 0.5) is 4.39 Å². The highest BCUT2D eigenvalue weighted by Crippen LogP contribution is 2.29. The highest BCUT2D eigenvalue weighted by molar-refractivity contribution is 9.11. The molecule has 1 N–H and O–H groups in total. The predicted molar refractivity (Wildman–Crippen MR) is 67.1 cm³/mol. The number of halogens is 2. The number of hydrogen-bond acceptors (Lipinski definition) is 2. The van der Waals surface area contributed by atoms with E-state index in [0.717, 1.165) is 14.2 Å². The molecule has 0 saturated heterocycles. The van der Waals surface area contributed by atoms with E-state index in [1.54, 1.807) is 6.07 Å². The van der Waals surface area contributed by atoms with E-state index in [4.69, 9.17) is 0 Å². The molecule has 0 fully saturated rings. The van der Waals surface area contributed by atoms with E-state index in [1.807, 2.05) is 18.2 Å². The summed E-state index contributed by atoms with van der Waals surface area (Å²) in [7, 11) is 0. The molecule has 1 heterocycles. The van der Waals surface area contributed by atoms with Gasteiger partial charge in [-0.25, -0.2) is 4.39 Å². The van der Waals surface area contributed by atoms with Crippen LogP contribution < -0.4 is 0 Å². The highest BCUT2D eigenvalue weighted by atomic mass is 79.9. The smallest absolute Gasteiger partial charge is 0.123 e. The molecular formula is C12H10BrFOS. The van der Waals surface area contributed by atoms with Gasteiger partial charge in [-0.15, -0.1) is 11.3 Å². The summed E-state index contributed by atoms with van der Waals surface area (Å²) in [6.07, 6.45) is -0.136. The number of hydrogen-bond donors (Lipinski definition) is 1. The Kier molecular flexibility index (Phi) is 3.74. The largest absolute Gasteiger partial charge is 0.387 e. The molecule has 0 spiro atoms. The van der Waals surface area contributed by atoms with Gasteiger partial charge in [0.2, 0.25) is 0 Å². The van der Waals surface area contributed by atoms with Crippen LogP contribution in [0.25, 0.3) is 0 Å². The lowest BCUT2D eigenvalue weighted by atomic mass is 10.1. The van der Waals surface area contributed by atoms with Crippen LogP contribution in [-0.2, 0) is 6.42 Å². The average molecular weight is 301 g/mol. The van der Waals surface area contributed by atoms with Crippen LogP contribution in [0.1, 0.15) is 16.5 Å². The lowest BCUT2D eigenvalue weighted by molar-refractivity contribution is 0.182. The third-order valence-electron chi connectivity index (χ3n) is 2.24. The second-order valence-corrected chi connectivity index (χ2v) is 5.99. The molecule has 4 heteroatoms. The Bertz CT molecular complexity index is 483. The van der Waals surface area contributed by atoms with Crippen molar-refractivity contribution in [2.45, 2.75) is 12.5 Å². The second-order valence-electron chi connectivity index (χ2n) is 3.49. The van der Waals surface area contributed by atoms with Gasteiger partial charge in [-0.3, -0.25) is 0 Å². The van der Waals surface area contributed by atoms with Gasteiger partial charge in [0.1, 0.15) is 5.82 Å². The van der Waals surface area contributed by atoms with E-state index in [9.17, 15) is 9.50 Å². The van der Waals surface area contributed by atoms with E-state index in [0.29, 0.717) is 6.42 Å². The molecule has 0 saturated carbocycles. The van der Waals surface area contributed by atoms with Crippen molar-refractivity contribution in [1.82, 2.24) is 0 Å². The lowest BCUT2D eigenvalue weighted by Gasteiger charge is -2.08. The van der Waals surface area contributed by atoms with Crippen molar-refractivity contribution in [3.8, 4) is 0 Å². The van der Waals surface area contributed by atoms with Gasteiger partial charge < -0.3 is 5.11 Å². The molecule has 2 rings (SSSR count).